The van der Waals surface area contributed by atoms with Gasteiger partial charge in [0.15, 0.2) is 17.5 Å². The predicted octanol–water partition coefficient (Wildman–Crippen LogP) is 4.44. The number of para-hydroxylation sites is 4. The SMILES string of the molecule is CC(=O)OOC(C)=O.C[C@H](c1ccc(F)cc1)n1cncc1C=O.C[C@H](c1ccc(F)cc1)n1cncc1CN1CCN(c2nc3ccccc3o2)CC1.[B-]OC(C)=O.[Na+].c1ccc2oc(N3CCNCC3)nc2c1. The number of nitrogens with zero attached hydrogens (tertiary/aromatic N) is 9. The van der Waals surface area contributed by atoms with E-state index in [9.17, 15) is 28.0 Å². The molecule has 2 aliphatic heterocycles. The quantitative estimate of drug-likeness (QED) is 0.0918. The van der Waals surface area contributed by atoms with Crippen molar-refractivity contribution in [1.29, 1.82) is 0 Å². The van der Waals surface area contributed by atoms with Crippen molar-refractivity contribution in [1.82, 2.24) is 39.3 Å². The average Bonchev–Trinajstić information content (AvgIpc) is 4.26. The van der Waals surface area contributed by atoms with Gasteiger partial charge in [0.1, 0.15) is 28.4 Å². The van der Waals surface area contributed by atoms with Crippen LogP contribution < -0.4 is 44.7 Å². The molecule has 1 N–H and O–H groups in total. The summed E-state index contributed by atoms with van der Waals surface area (Å²) in [5.41, 5.74) is 7.19. The van der Waals surface area contributed by atoms with Gasteiger partial charge in [-0.05, 0) is 73.5 Å². The van der Waals surface area contributed by atoms with Crippen molar-refractivity contribution >= 4 is 66.5 Å². The van der Waals surface area contributed by atoms with E-state index in [1.54, 1.807) is 23.0 Å². The van der Waals surface area contributed by atoms with Crippen molar-refractivity contribution in [3.05, 3.63) is 156 Å². The fourth-order valence-electron chi connectivity index (χ4n) is 7.63. The Morgan fingerprint density at radius 1 is 0.653 bits per heavy atom. The number of halogens is 2. The molecule has 0 aliphatic carbocycles. The van der Waals surface area contributed by atoms with E-state index in [0.717, 1.165) is 124 Å². The van der Waals surface area contributed by atoms with Crippen molar-refractivity contribution in [2.24, 2.45) is 0 Å². The van der Waals surface area contributed by atoms with Crippen LogP contribution in [-0.4, -0.2) is 119 Å². The Bertz CT molecular complexity index is 2950. The molecule has 0 saturated carbocycles. The van der Waals surface area contributed by atoms with E-state index in [4.69, 9.17) is 8.83 Å². The van der Waals surface area contributed by atoms with Crippen LogP contribution in [0.5, 0.6) is 0 Å². The van der Waals surface area contributed by atoms with Crippen LogP contribution in [0.15, 0.2) is 131 Å². The molecular formula is C52H57BF2N10NaO9. The number of aromatic nitrogens is 6. The molecule has 0 unspecified atom stereocenters. The molecule has 2 atom stereocenters. The number of hydrogen-bond donors (Lipinski definition) is 1. The molecule has 19 nitrogen and oxygen atoms in total. The number of nitrogens with one attached hydrogen (secondary N) is 1. The van der Waals surface area contributed by atoms with Gasteiger partial charge in [-0.15, -0.1) is 0 Å². The van der Waals surface area contributed by atoms with Crippen molar-refractivity contribution < 1.29 is 80.8 Å². The summed E-state index contributed by atoms with van der Waals surface area (Å²) in [6, 6.07) is 30.2. The molecule has 75 heavy (non-hydrogen) atoms. The molecule has 2 saturated heterocycles. The van der Waals surface area contributed by atoms with E-state index in [2.05, 4.69) is 73.9 Å². The second-order valence-corrected chi connectivity index (χ2v) is 16.8. The fourth-order valence-corrected chi connectivity index (χ4v) is 7.63. The standard InChI is InChI=1S/C23H24FN5O.C12H11FN2O.C11H13N3O.C4H6O4.C2H3BO2.Na/c1-17(18-6-8-19(24)9-7-18)29-16-25-14-20(29)15-27-10-12-28(13-11-27)23-26-21-4-2-3-5-22(21)30-23;1-9(10-2-4-11(13)5-3-10)15-8-14-6-12(15)7-16;1-2-4-10-9(3-1)13-11(15-10)14-7-5-12-6-8-14;1-3(5)7-8-4(2)6;1-2(4)5-3;/h2-9,14,16-17H,10-13,15H2,1H3;2-9H,1H3;1-4,12H,5-8H2;1-2H3;1H3;/q;;;;-1;+1/t17-;9-;;;;/m11..../s1. The number of imidazole rings is 2. The van der Waals surface area contributed by atoms with Gasteiger partial charge in [-0.2, -0.15) is 9.97 Å². The van der Waals surface area contributed by atoms with Gasteiger partial charge in [-0.1, -0.05) is 48.5 Å². The number of anilines is 2. The van der Waals surface area contributed by atoms with E-state index < -0.39 is 17.9 Å². The van der Waals surface area contributed by atoms with Crippen LogP contribution in [0.2, 0.25) is 0 Å². The number of oxazole rings is 2. The van der Waals surface area contributed by atoms with Crippen LogP contribution in [0.4, 0.5) is 20.8 Å². The summed E-state index contributed by atoms with van der Waals surface area (Å²) >= 11 is 0. The Balaban J connectivity index is 0.000000196. The molecule has 4 aromatic heterocycles. The first-order chi connectivity index (χ1) is 35.7. The first kappa shape index (κ1) is 58.7. The molecule has 2 aliphatic rings. The second-order valence-electron chi connectivity index (χ2n) is 16.8. The van der Waals surface area contributed by atoms with E-state index in [-0.39, 0.29) is 53.3 Å². The first-order valence-electron chi connectivity index (χ1n) is 23.6. The molecule has 2 fully saturated rings. The maximum absolute atomic E-state index is 13.3. The van der Waals surface area contributed by atoms with Gasteiger partial charge in [-0.25, -0.2) is 38.1 Å². The summed E-state index contributed by atoms with van der Waals surface area (Å²) in [6.45, 7) is 15.9. The smallest absolute Gasteiger partial charge is 0.793 e. The normalized spacial score (nSPS) is 13.9. The maximum atomic E-state index is 13.3. The maximum Gasteiger partial charge on any atom is 1.00 e. The number of hydrogen-bond acceptors (Lipinski definition) is 17. The Labute approximate surface area is 455 Å². The van der Waals surface area contributed by atoms with Crippen LogP contribution in [0.25, 0.3) is 22.2 Å². The minimum absolute atomic E-state index is 0. The van der Waals surface area contributed by atoms with E-state index in [1.165, 1.54) is 37.4 Å². The Hall–Kier alpha value is -7.24. The van der Waals surface area contributed by atoms with Gasteiger partial charge < -0.3 is 45.8 Å². The van der Waals surface area contributed by atoms with Gasteiger partial charge in [0.2, 0.25) is 5.97 Å². The fraction of sp³-hybridized carbons (Fsp3) is 0.308. The summed E-state index contributed by atoms with van der Waals surface area (Å²) in [6.07, 6.45) is 7.64. The van der Waals surface area contributed by atoms with E-state index in [1.807, 2.05) is 80.1 Å². The Morgan fingerprint density at radius 2 is 1.09 bits per heavy atom. The zero-order valence-corrected chi connectivity index (χ0v) is 44.7. The third-order valence-corrected chi connectivity index (χ3v) is 11.5. The van der Waals surface area contributed by atoms with Crippen LogP contribution in [0, 0.1) is 11.6 Å². The van der Waals surface area contributed by atoms with Crippen molar-refractivity contribution in [2.75, 3.05) is 62.2 Å². The molecule has 0 spiro atoms. The largest absolute Gasteiger partial charge is 1.00 e. The Morgan fingerprint density at radius 3 is 1.55 bits per heavy atom. The van der Waals surface area contributed by atoms with E-state index in [0.29, 0.717) is 11.7 Å². The minimum Gasteiger partial charge on any atom is -0.793 e. The molecule has 0 bridgehead atoms. The number of carbonyl (C=O) groups is 4. The molecule has 0 amide bonds. The van der Waals surface area contributed by atoms with Gasteiger partial charge in [0, 0.05) is 85.9 Å². The molecular weight excluding hydrogens is 980 g/mol. The number of carbonyl (C=O) groups excluding carboxylic acids is 4. The van der Waals surface area contributed by atoms with Crippen molar-refractivity contribution in [2.45, 2.75) is 53.2 Å². The molecule has 387 valence electrons. The molecule has 8 aromatic rings. The minimum atomic E-state index is -0.639. The second kappa shape index (κ2) is 29.6. The molecule has 10 rings (SSSR count). The summed E-state index contributed by atoms with van der Waals surface area (Å²) in [7, 11) is 4.32. The third-order valence-electron chi connectivity index (χ3n) is 11.5. The van der Waals surface area contributed by atoms with Crippen molar-refractivity contribution in [3.8, 4) is 0 Å². The summed E-state index contributed by atoms with van der Waals surface area (Å²) in [5.74, 6) is -2.23. The van der Waals surface area contributed by atoms with E-state index >= 15 is 0 Å². The number of benzene rings is 4. The molecule has 3 radical (unpaired) electrons. The summed E-state index contributed by atoms with van der Waals surface area (Å²) in [5, 5.41) is 3.31. The van der Waals surface area contributed by atoms with Crippen LogP contribution >= 0.6 is 0 Å². The Kier molecular flexibility index (Phi) is 23.1. The monoisotopic (exact) mass is 1040 g/mol. The predicted molar refractivity (Wildman–Crippen MR) is 272 cm³/mol. The van der Waals surface area contributed by atoms with Gasteiger partial charge in [0.05, 0.1) is 36.6 Å². The zero-order chi connectivity index (χ0) is 53.0. The summed E-state index contributed by atoms with van der Waals surface area (Å²) < 4.78 is 45.2. The zero-order valence-electron chi connectivity index (χ0n) is 42.7. The van der Waals surface area contributed by atoms with Gasteiger partial charge in [0.25, 0.3) is 12.0 Å². The number of rotatable bonds is 9. The third kappa shape index (κ3) is 17.7. The van der Waals surface area contributed by atoms with Gasteiger partial charge >= 0.3 is 41.5 Å². The average molecular weight is 1040 g/mol. The number of fused-ring (bicyclic) bond motifs is 2. The molecule has 4 aromatic carbocycles. The van der Waals surface area contributed by atoms with Gasteiger partial charge in [-0.3, -0.25) is 14.5 Å². The van der Waals surface area contributed by atoms with Crippen LogP contribution in [0.3, 0.4) is 0 Å². The number of aldehydes is 1. The summed E-state index contributed by atoms with van der Waals surface area (Å²) in [4.78, 5) is 71.7. The topological polar surface area (TPSA) is 205 Å². The number of piperazine rings is 2. The molecule has 6 heterocycles. The first-order valence-corrected chi connectivity index (χ1v) is 23.6. The molecule has 23 heteroatoms. The van der Waals surface area contributed by atoms with Crippen LogP contribution in [-0.2, 0) is 35.4 Å². The van der Waals surface area contributed by atoms with Crippen molar-refractivity contribution in [3.63, 3.8) is 0 Å². The van der Waals surface area contributed by atoms with Crippen LogP contribution in [0.1, 0.15) is 74.0 Å².